The maximum atomic E-state index is 5.17. The highest BCUT2D eigenvalue weighted by atomic mass is 79.9. The van der Waals surface area contributed by atoms with Crippen LogP contribution in [0.25, 0.3) is 5.65 Å². The molecule has 0 aliphatic carbocycles. The van der Waals surface area contributed by atoms with E-state index in [1.807, 2.05) is 29.7 Å². The summed E-state index contributed by atoms with van der Waals surface area (Å²) in [5.74, 6) is 0.810. The monoisotopic (exact) mass is 240 g/mol. The highest BCUT2D eigenvalue weighted by molar-refractivity contribution is 9.10. The van der Waals surface area contributed by atoms with E-state index < -0.39 is 0 Å². The van der Waals surface area contributed by atoms with Crippen molar-refractivity contribution in [2.45, 2.75) is 6.92 Å². The van der Waals surface area contributed by atoms with E-state index in [-0.39, 0.29) is 0 Å². The second-order valence-electron chi connectivity index (χ2n) is 2.80. The molecule has 2 rings (SSSR count). The molecule has 0 unspecified atom stereocenters. The van der Waals surface area contributed by atoms with E-state index in [0.717, 1.165) is 21.7 Å². The van der Waals surface area contributed by atoms with Crippen molar-refractivity contribution in [3.8, 4) is 5.75 Å². The number of aromatic nitrogens is 2. The molecule has 2 aromatic heterocycles. The number of imidazole rings is 1. The summed E-state index contributed by atoms with van der Waals surface area (Å²) >= 11 is 3.45. The molecular formula is C9H9BrN2O. The van der Waals surface area contributed by atoms with Crippen LogP contribution in [0.5, 0.6) is 5.75 Å². The average molecular weight is 241 g/mol. The summed E-state index contributed by atoms with van der Waals surface area (Å²) in [5, 5.41) is 0. The standard InChI is InChI=1S/C9H9BrN2O/c1-6-5-12-8(11-6)4-3-7(13-2)9(12)10/h3-5H,1-2H3. The molecule has 0 N–H and O–H groups in total. The van der Waals surface area contributed by atoms with Crippen LogP contribution < -0.4 is 4.74 Å². The van der Waals surface area contributed by atoms with Crippen molar-refractivity contribution in [3.63, 3.8) is 0 Å². The van der Waals surface area contributed by atoms with Crippen LogP contribution in [0.15, 0.2) is 22.9 Å². The lowest BCUT2D eigenvalue weighted by Crippen LogP contribution is -1.91. The lowest BCUT2D eigenvalue weighted by atomic mass is 10.4. The summed E-state index contributed by atoms with van der Waals surface area (Å²) < 4.78 is 8.02. The van der Waals surface area contributed by atoms with Gasteiger partial charge in [0.05, 0.1) is 12.8 Å². The molecule has 0 saturated heterocycles. The average Bonchev–Trinajstić information content (AvgIpc) is 2.47. The predicted molar refractivity (Wildman–Crippen MR) is 54.2 cm³/mol. The highest BCUT2D eigenvalue weighted by Gasteiger charge is 2.05. The van der Waals surface area contributed by atoms with E-state index in [0.29, 0.717) is 0 Å². The molecule has 0 aliphatic rings. The van der Waals surface area contributed by atoms with Crippen LogP contribution in [0.4, 0.5) is 0 Å². The Bertz CT molecular complexity index is 450. The third-order valence-corrected chi connectivity index (χ3v) is 2.65. The topological polar surface area (TPSA) is 26.5 Å². The van der Waals surface area contributed by atoms with Crippen molar-refractivity contribution in [3.05, 3.63) is 28.6 Å². The van der Waals surface area contributed by atoms with Gasteiger partial charge in [-0.3, -0.25) is 4.40 Å². The van der Waals surface area contributed by atoms with Gasteiger partial charge in [0.1, 0.15) is 16.0 Å². The molecule has 2 heterocycles. The second-order valence-corrected chi connectivity index (χ2v) is 3.55. The SMILES string of the molecule is COc1ccc2nc(C)cn2c1Br. The van der Waals surface area contributed by atoms with Gasteiger partial charge in [0, 0.05) is 6.20 Å². The third-order valence-electron chi connectivity index (χ3n) is 1.87. The van der Waals surface area contributed by atoms with Gasteiger partial charge in [-0.05, 0) is 35.0 Å². The first kappa shape index (κ1) is 8.56. The Hall–Kier alpha value is -1.03. The van der Waals surface area contributed by atoms with Gasteiger partial charge in [-0.15, -0.1) is 0 Å². The van der Waals surface area contributed by atoms with E-state index in [1.165, 1.54) is 0 Å². The molecule has 4 heteroatoms. The summed E-state index contributed by atoms with van der Waals surface area (Å²) in [5.41, 5.74) is 1.92. The maximum Gasteiger partial charge on any atom is 0.150 e. The Balaban J connectivity index is 2.78. The number of rotatable bonds is 1. The first-order valence-corrected chi connectivity index (χ1v) is 4.70. The maximum absolute atomic E-state index is 5.17. The largest absolute Gasteiger partial charge is 0.494 e. The van der Waals surface area contributed by atoms with E-state index >= 15 is 0 Å². The third kappa shape index (κ3) is 1.31. The van der Waals surface area contributed by atoms with Gasteiger partial charge in [-0.2, -0.15) is 0 Å². The fourth-order valence-corrected chi connectivity index (χ4v) is 1.86. The molecule has 0 radical (unpaired) electrons. The zero-order valence-electron chi connectivity index (χ0n) is 7.41. The molecule has 0 fully saturated rings. The number of halogens is 1. The smallest absolute Gasteiger partial charge is 0.150 e. The van der Waals surface area contributed by atoms with Crippen LogP contribution in [-0.4, -0.2) is 16.5 Å². The normalized spacial score (nSPS) is 10.7. The van der Waals surface area contributed by atoms with Gasteiger partial charge in [0.15, 0.2) is 0 Å². The molecular weight excluding hydrogens is 232 g/mol. The van der Waals surface area contributed by atoms with Crippen molar-refractivity contribution < 1.29 is 4.74 Å². The summed E-state index contributed by atoms with van der Waals surface area (Å²) in [4.78, 5) is 4.33. The second kappa shape index (κ2) is 3.03. The Labute approximate surface area is 84.5 Å². The zero-order valence-corrected chi connectivity index (χ0v) is 9.00. The quantitative estimate of drug-likeness (QED) is 0.716. The summed E-state index contributed by atoms with van der Waals surface area (Å²) in [7, 11) is 1.65. The number of aryl methyl sites for hydroxylation is 1. The molecule has 0 bridgehead atoms. The van der Waals surface area contributed by atoms with E-state index in [1.54, 1.807) is 7.11 Å². The first-order chi connectivity index (χ1) is 6.22. The Morgan fingerprint density at radius 3 is 2.92 bits per heavy atom. The first-order valence-electron chi connectivity index (χ1n) is 3.90. The minimum atomic E-state index is 0.810. The molecule has 13 heavy (non-hydrogen) atoms. The molecule has 0 saturated carbocycles. The van der Waals surface area contributed by atoms with E-state index in [9.17, 15) is 0 Å². The van der Waals surface area contributed by atoms with Crippen LogP contribution in [-0.2, 0) is 0 Å². The Morgan fingerprint density at radius 2 is 2.23 bits per heavy atom. The van der Waals surface area contributed by atoms with Gasteiger partial charge in [0.25, 0.3) is 0 Å². The van der Waals surface area contributed by atoms with Crippen molar-refractivity contribution in [1.29, 1.82) is 0 Å². The van der Waals surface area contributed by atoms with Gasteiger partial charge in [0.2, 0.25) is 0 Å². The molecule has 2 aromatic rings. The number of ether oxygens (including phenoxy) is 1. The summed E-state index contributed by atoms with van der Waals surface area (Å²) in [6, 6.07) is 3.82. The molecule has 0 atom stereocenters. The zero-order chi connectivity index (χ0) is 9.42. The van der Waals surface area contributed by atoms with Gasteiger partial charge in [-0.1, -0.05) is 0 Å². The van der Waals surface area contributed by atoms with Crippen LogP contribution in [0.3, 0.4) is 0 Å². The predicted octanol–water partition coefficient (Wildman–Crippen LogP) is 2.41. The van der Waals surface area contributed by atoms with E-state index in [2.05, 4.69) is 20.9 Å². The Morgan fingerprint density at radius 1 is 1.46 bits per heavy atom. The molecule has 0 spiro atoms. The molecule has 0 aliphatic heterocycles. The number of nitrogens with zero attached hydrogens (tertiary/aromatic N) is 2. The van der Waals surface area contributed by atoms with Gasteiger partial charge < -0.3 is 4.74 Å². The molecule has 0 aromatic carbocycles. The van der Waals surface area contributed by atoms with Crippen LogP contribution in [0, 0.1) is 6.92 Å². The summed E-state index contributed by atoms with van der Waals surface area (Å²) in [6.45, 7) is 1.96. The summed E-state index contributed by atoms with van der Waals surface area (Å²) in [6.07, 6.45) is 1.96. The minimum absolute atomic E-state index is 0.810. The number of hydrogen-bond donors (Lipinski definition) is 0. The van der Waals surface area contributed by atoms with Crippen LogP contribution in [0.2, 0.25) is 0 Å². The number of hydrogen-bond acceptors (Lipinski definition) is 2. The fraction of sp³-hybridized carbons (Fsp3) is 0.222. The number of fused-ring (bicyclic) bond motifs is 1. The van der Waals surface area contributed by atoms with Gasteiger partial charge >= 0.3 is 0 Å². The van der Waals surface area contributed by atoms with Gasteiger partial charge in [-0.25, -0.2) is 4.98 Å². The van der Waals surface area contributed by atoms with E-state index in [4.69, 9.17) is 4.74 Å². The van der Waals surface area contributed by atoms with Crippen molar-refractivity contribution in [2.24, 2.45) is 0 Å². The van der Waals surface area contributed by atoms with Crippen molar-refractivity contribution in [2.75, 3.05) is 7.11 Å². The number of methoxy groups -OCH3 is 1. The van der Waals surface area contributed by atoms with Crippen molar-refractivity contribution in [1.82, 2.24) is 9.38 Å². The molecule has 0 amide bonds. The van der Waals surface area contributed by atoms with Crippen LogP contribution in [0.1, 0.15) is 5.69 Å². The Kier molecular flexibility index (Phi) is 2.00. The van der Waals surface area contributed by atoms with Crippen molar-refractivity contribution >= 4 is 21.6 Å². The lowest BCUT2D eigenvalue weighted by Gasteiger charge is -2.04. The molecule has 3 nitrogen and oxygen atoms in total. The lowest BCUT2D eigenvalue weighted by molar-refractivity contribution is 0.409. The minimum Gasteiger partial charge on any atom is -0.494 e. The molecule has 68 valence electrons. The fourth-order valence-electron chi connectivity index (χ4n) is 1.28. The highest BCUT2D eigenvalue weighted by Crippen LogP contribution is 2.25. The van der Waals surface area contributed by atoms with Crippen LogP contribution >= 0.6 is 15.9 Å². The number of pyridine rings is 1.